The molecule has 0 aliphatic carbocycles. The monoisotopic (exact) mass is 270 g/mol. The number of aromatic nitrogens is 1. The van der Waals surface area contributed by atoms with E-state index in [1.54, 1.807) is 19.1 Å². The molecule has 2 heterocycles. The third kappa shape index (κ3) is 2.56. The van der Waals surface area contributed by atoms with Crippen molar-refractivity contribution >= 4 is 28.2 Å². The number of piperidine rings is 1. The first-order chi connectivity index (χ1) is 8.65. The van der Waals surface area contributed by atoms with Crippen LogP contribution in [-0.2, 0) is 4.74 Å². The number of carbonyl (C=O) groups is 1. The smallest absolute Gasteiger partial charge is 0.267 e. The summed E-state index contributed by atoms with van der Waals surface area (Å²) in [6, 6.07) is 0. The SMILES string of the molecule is CNc1nc(N)c(C(=O)N2CCCC(OC)C2)s1. The first-order valence-electron chi connectivity index (χ1n) is 5.91. The van der Waals surface area contributed by atoms with Gasteiger partial charge < -0.3 is 20.7 Å². The van der Waals surface area contributed by atoms with Gasteiger partial charge in [0.25, 0.3) is 5.91 Å². The number of hydrogen-bond donors (Lipinski definition) is 2. The van der Waals surface area contributed by atoms with Gasteiger partial charge in [-0.3, -0.25) is 4.79 Å². The fourth-order valence-corrected chi connectivity index (χ4v) is 2.86. The lowest BCUT2D eigenvalue weighted by Gasteiger charge is -2.31. The fourth-order valence-electron chi connectivity index (χ4n) is 2.05. The number of amides is 1. The molecule has 0 spiro atoms. The normalized spacial score (nSPS) is 19.9. The van der Waals surface area contributed by atoms with Crippen LogP contribution in [0.3, 0.4) is 0 Å². The van der Waals surface area contributed by atoms with Gasteiger partial charge in [0.05, 0.1) is 6.10 Å². The molecule has 1 fully saturated rings. The minimum absolute atomic E-state index is 0.0479. The van der Waals surface area contributed by atoms with Crippen LogP contribution in [0.25, 0.3) is 0 Å². The highest BCUT2D eigenvalue weighted by molar-refractivity contribution is 7.18. The Balaban J connectivity index is 2.12. The number of rotatable bonds is 3. The zero-order chi connectivity index (χ0) is 13.1. The van der Waals surface area contributed by atoms with E-state index in [2.05, 4.69) is 10.3 Å². The Hall–Kier alpha value is -1.34. The number of nitrogens with two attached hydrogens (primary N) is 1. The molecule has 0 radical (unpaired) electrons. The molecule has 3 N–H and O–H groups in total. The van der Waals surface area contributed by atoms with E-state index < -0.39 is 0 Å². The van der Waals surface area contributed by atoms with E-state index in [-0.39, 0.29) is 12.0 Å². The van der Waals surface area contributed by atoms with E-state index in [1.807, 2.05) is 0 Å². The van der Waals surface area contributed by atoms with Crippen LogP contribution in [0.5, 0.6) is 0 Å². The predicted octanol–water partition coefficient (Wildman–Crippen LogP) is 1.02. The molecule has 18 heavy (non-hydrogen) atoms. The summed E-state index contributed by atoms with van der Waals surface area (Å²) in [5.41, 5.74) is 5.77. The van der Waals surface area contributed by atoms with Gasteiger partial charge in [-0.1, -0.05) is 11.3 Å². The summed E-state index contributed by atoms with van der Waals surface area (Å²) >= 11 is 1.29. The van der Waals surface area contributed by atoms with Crippen molar-refractivity contribution < 1.29 is 9.53 Å². The maximum Gasteiger partial charge on any atom is 0.267 e. The van der Waals surface area contributed by atoms with Gasteiger partial charge in [0.15, 0.2) is 5.13 Å². The van der Waals surface area contributed by atoms with Crippen LogP contribution in [0.1, 0.15) is 22.5 Å². The standard InChI is InChI=1S/C11H18N4O2S/c1-13-11-14-9(12)8(18-11)10(16)15-5-3-4-7(6-15)17-2/h7H,3-6,12H2,1-2H3,(H,13,14). The summed E-state index contributed by atoms with van der Waals surface area (Å²) in [5.74, 6) is 0.252. The van der Waals surface area contributed by atoms with E-state index >= 15 is 0 Å². The molecule has 1 saturated heterocycles. The van der Waals surface area contributed by atoms with Crippen molar-refractivity contribution in [1.29, 1.82) is 0 Å². The number of carbonyl (C=O) groups excluding carboxylic acids is 1. The maximum atomic E-state index is 12.3. The Labute approximate surface area is 110 Å². The molecule has 1 aliphatic rings. The molecule has 1 aromatic heterocycles. The van der Waals surface area contributed by atoms with Crippen LogP contribution in [-0.4, -0.2) is 49.1 Å². The predicted molar refractivity (Wildman–Crippen MR) is 72.0 cm³/mol. The van der Waals surface area contributed by atoms with Gasteiger partial charge in [-0.25, -0.2) is 4.98 Å². The largest absolute Gasteiger partial charge is 0.382 e. The number of ether oxygens (including phenoxy) is 1. The molecule has 100 valence electrons. The summed E-state index contributed by atoms with van der Waals surface area (Å²) in [4.78, 5) is 18.7. The third-order valence-corrected chi connectivity index (χ3v) is 4.14. The second kappa shape index (κ2) is 5.53. The van der Waals surface area contributed by atoms with Crippen molar-refractivity contribution in [3.8, 4) is 0 Å². The van der Waals surface area contributed by atoms with Crippen molar-refractivity contribution in [2.75, 3.05) is 38.3 Å². The summed E-state index contributed by atoms with van der Waals surface area (Å²) in [6.07, 6.45) is 2.09. The zero-order valence-electron chi connectivity index (χ0n) is 10.6. The van der Waals surface area contributed by atoms with Crippen LogP contribution in [0.4, 0.5) is 10.9 Å². The van der Waals surface area contributed by atoms with Gasteiger partial charge in [-0.15, -0.1) is 0 Å². The van der Waals surface area contributed by atoms with Crippen LogP contribution in [0.2, 0.25) is 0 Å². The lowest BCUT2D eigenvalue weighted by Crippen LogP contribution is -2.42. The minimum Gasteiger partial charge on any atom is -0.382 e. The zero-order valence-corrected chi connectivity index (χ0v) is 11.4. The second-order valence-electron chi connectivity index (χ2n) is 4.23. The quantitative estimate of drug-likeness (QED) is 0.857. The van der Waals surface area contributed by atoms with Crippen LogP contribution in [0, 0.1) is 0 Å². The summed E-state index contributed by atoms with van der Waals surface area (Å²) in [7, 11) is 3.44. The van der Waals surface area contributed by atoms with Crippen molar-refractivity contribution in [3.05, 3.63) is 4.88 Å². The fraction of sp³-hybridized carbons (Fsp3) is 0.636. The number of nitrogen functional groups attached to an aromatic ring is 1. The number of thiazole rings is 1. The van der Waals surface area contributed by atoms with Crippen molar-refractivity contribution in [3.63, 3.8) is 0 Å². The molecule has 2 rings (SSSR count). The first kappa shape index (κ1) is 13.1. The molecule has 0 bridgehead atoms. The molecule has 0 saturated carbocycles. The Kier molecular flexibility index (Phi) is 4.03. The van der Waals surface area contributed by atoms with Crippen LogP contribution >= 0.6 is 11.3 Å². The average molecular weight is 270 g/mol. The van der Waals surface area contributed by atoms with Crippen molar-refractivity contribution in [1.82, 2.24) is 9.88 Å². The Morgan fingerprint density at radius 2 is 2.44 bits per heavy atom. The Morgan fingerprint density at radius 3 is 3.06 bits per heavy atom. The first-order valence-corrected chi connectivity index (χ1v) is 6.73. The number of likely N-dealkylation sites (tertiary alicyclic amines) is 1. The lowest BCUT2D eigenvalue weighted by molar-refractivity contribution is 0.0272. The molecule has 1 atom stereocenters. The highest BCUT2D eigenvalue weighted by atomic mass is 32.1. The van der Waals surface area contributed by atoms with Gasteiger partial charge in [0.1, 0.15) is 10.7 Å². The molecule has 1 unspecified atom stereocenters. The summed E-state index contributed by atoms with van der Waals surface area (Å²) in [5, 5.41) is 3.56. The molecule has 1 amide bonds. The van der Waals surface area contributed by atoms with E-state index in [1.165, 1.54) is 11.3 Å². The summed E-state index contributed by atoms with van der Waals surface area (Å²) in [6.45, 7) is 1.38. The minimum atomic E-state index is -0.0479. The molecular weight excluding hydrogens is 252 g/mol. The lowest BCUT2D eigenvalue weighted by atomic mass is 10.1. The maximum absolute atomic E-state index is 12.3. The molecule has 7 heteroatoms. The van der Waals surface area contributed by atoms with Crippen LogP contribution < -0.4 is 11.1 Å². The van der Waals surface area contributed by atoms with Gasteiger partial charge >= 0.3 is 0 Å². The third-order valence-electron chi connectivity index (χ3n) is 3.06. The van der Waals surface area contributed by atoms with Crippen molar-refractivity contribution in [2.45, 2.75) is 18.9 Å². The Morgan fingerprint density at radius 1 is 1.67 bits per heavy atom. The van der Waals surface area contributed by atoms with Crippen LogP contribution in [0.15, 0.2) is 0 Å². The number of hydrogen-bond acceptors (Lipinski definition) is 6. The Bertz CT molecular complexity index is 435. The molecule has 0 aromatic carbocycles. The molecule has 6 nitrogen and oxygen atoms in total. The van der Waals surface area contributed by atoms with E-state index in [0.717, 1.165) is 19.4 Å². The highest BCUT2D eigenvalue weighted by Gasteiger charge is 2.27. The molecule has 1 aliphatic heterocycles. The number of nitrogens with one attached hydrogen (secondary N) is 1. The molecule has 1 aromatic rings. The van der Waals surface area contributed by atoms with E-state index in [4.69, 9.17) is 10.5 Å². The second-order valence-corrected chi connectivity index (χ2v) is 5.23. The van der Waals surface area contributed by atoms with Gasteiger partial charge in [-0.05, 0) is 12.8 Å². The van der Waals surface area contributed by atoms with Crippen molar-refractivity contribution in [2.24, 2.45) is 0 Å². The number of nitrogens with zero attached hydrogens (tertiary/aromatic N) is 2. The van der Waals surface area contributed by atoms with Gasteiger partial charge in [-0.2, -0.15) is 0 Å². The van der Waals surface area contributed by atoms with Gasteiger partial charge in [0, 0.05) is 27.2 Å². The van der Waals surface area contributed by atoms with E-state index in [0.29, 0.717) is 22.4 Å². The number of anilines is 2. The average Bonchev–Trinajstić information content (AvgIpc) is 2.79. The number of methoxy groups -OCH3 is 1. The summed E-state index contributed by atoms with van der Waals surface area (Å²) < 4.78 is 5.31. The van der Waals surface area contributed by atoms with E-state index in [9.17, 15) is 4.79 Å². The highest BCUT2D eigenvalue weighted by Crippen LogP contribution is 2.27. The van der Waals surface area contributed by atoms with Gasteiger partial charge in [0.2, 0.25) is 0 Å². The topological polar surface area (TPSA) is 80.5 Å². The molecular formula is C11H18N4O2S.